The number of fused-ring (bicyclic) bond motifs is 1. The van der Waals surface area contributed by atoms with Crippen LogP contribution in [0.5, 0.6) is 5.88 Å². The minimum Gasteiger partial charge on any atom is -0.474 e. The van der Waals surface area contributed by atoms with Crippen LogP contribution in [0.25, 0.3) is 10.8 Å². The second-order valence-corrected chi connectivity index (χ2v) is 5.39. The Balaban J connectivity index is 1.90. The Bertz CT molecular complexity index is 597. The third-order valence-electron chi connectivity index (χ3n) is 3.18. The summed E-state index contributed by atoms with van der Waals surface area (Å²) >= 11 is 12.2. The molecule has 1 saturated heterocycles. The molecular formula is C14H13Cl2NO2. The SMILES string of the molecule is Clc1cc(Cl)c2c(OCC3CCCO3)nccc2c1. The molecule has 1 unspecified atom stereocenters. The molecule has 0 saturated carbocycles. The minimum absolute atomic E-state index is 0.156. The van der Waals surface area contributed by atoms with Gasteiger partial charge in [0.15, 0.2) is 0 Å². The van der Waals surface area contributed by atoms with E-state index in [0.717, 1.165) is 30.2 Å². The number of aromatic nitrogens is 1. The van der Waals surface area contributed by atoms with E-state index in [1.54, 1.807) is 12.3 Å². The summed E-state index contributed by atoms with van der Waals surface area (Å²) < 4.78 is 11.3. The van der Waals surface area contributed by atoms with E-state index < -0.39 is 0 Å². The van der Waals surface area contributed by atoms with E-state index in [1.807, 2.05) is 12.1 Å². The zero-order chi connectivity index (χ0) is 13.2. The van der Waals surface area contributed by atoms with Crippen molar-refractivity contribution < 1.29 is 9.47 Å². The summed E-state index contributed by atoms with van der Waals surface area (Å²) in [5.74, 6) is 0.537. The van der Waals surface area contributed by atoms with Gasteiger partial charge in [0.1, 0.15) is 6.61 Å². The van der Waals surface area contributed by atoms with Crippen LogP contribution >= 0.6 is 23.2 Å². The van der Waals surface area contributed by atoms with Crippen LogP contribution in [0.1, 0.15) is 12.8 Å². The molecule has 2 heterocycles. The molecule has 0 radical (unpaired) electrons. The Morgan fingerprint density at radius 3 is 3.05 bits per heavy atom. The molecule has 1 fully saturated rings. The molecule has 100 valence electrons. The third-order valence-corrected chi connectivity index (χ3v) is 3.69. The van der Waals surface area contributed by atoms with Gasteiger partial charge in [-0.2, -0.15) is 0 Å². The van der Waals surface area contributed by atoms with Crippen molar-refractivity contribution in [1.82, 2.24) is 4.98 Å². The summed E-state index contributed by atoms with van der Waals surface area (Å²) in [6.45, 7) is 1.32. The van der Waals surface area contributed by atoms with Crippen molar-refractivity contribution in [3.63, 3.8) is 0 Å². The van der Waals surface area contributed by atoms with E-state index in [9.17, 15) is 0 Å². The Morgan fingerprint density at radius 2 is 2.26 bits per heavy atom. The molecule has 3 rings (SSSR count). The summed E-state index contributed by atoms with van der Waals surface area (Å²) in [6.07, 6.45) is 3.97. The second kappa shape index (κ2) is 5.53. The largest absolute Gasteiger partial charge is 0.474 e. The van der Waals surface area contributed by atoms with Crippen molar-refractivity contribution in [3.05, 3.63) is 34.4 Å². The maximum absolute atomic E-state index is 6.23. The standard InChI is InChI=1S/C14H13Cl2NO2/c15-10-6-9-3-4-17-14(13(9)12(16)7-10)19-8-11-2-1-5-18-11/h3-4,6-7,11H,1-2,5,8H2. The van der Waals surface area contributed by atoms with Crippen LogP contribution in [0.4, 0.5) is 0 Å². The van der Waals surface area contributed by atoms with E-state index in [4.69, 9.17) is 32.7 Å². The van der Waals surface area contributed by atoms with Crippen LogP contribution < -0.4 is 4.74 Å². The van der Waals surface area contributed by atoms with Gasteiger partial charge < -0.3 is 9.47 Å². The number of halogens is 2. The van der Waals surface area contributed by atoms with Gasteiger partial charge in [0.2, 0.25) is 5.88 Å². The maximum atomic E-state index is 6.23. The number of hydrogen-bond donors (Lipinski definition) is 0. The molecule has 1 aromatic carbocycles. The van der Waals surface area contributed by atoms with Crippen molar-refractivity contribution in [2.45, 2.75) is 18.9 Å². The molecule has 1 atom stereocenters. The highest BCUT2D eigenvalue weighted by Crippen LogP contribution is 2.33. The maximum Gasteiger partial charge on any atom is 0.222 e. The van der Waals surface area contributed by atoms with E-state index in [-0.39, 0.29) is 6.10 Å². The first-order valence-electron chi connectivity index (χ1n) is 6.22. The molecule has 1 aliphatic rings. The molecule has 1 aliphatic heterocycles. The Kier molecular flexibility index (Phi) is 3.78. The molecule has 2 aromatic rings. The number of hydrogen-bond acceptors (Lipinski definition) is 3. The van der Waals surface area contributed by atoms with Gasteiger partial charge in [-0.05, 0) is 36.4 Å². The second-order valence-electron chi connectivity index (χ2n) is 4.55. The van der Waals surface area contributed by atoms with Crippen molar-refractivity contribution in [2.75, 3.05) is 13.2 Å². The van der Waals surface area contributed by atoms with Crippen molar-refractivity contribution in [1.29, 1.82) is 0 Å². The lowest BCUT2D eigenvalue weighted by atomic mass is 10.2. The third kappa shape index (κ3) is 2.78. The predicted octanol–water partition coefficient (Wildman–Crippen LogP) is 4.10. The van der Waals surface area contributed by atoms with E-state index in [0.29, 0.717) is 22.5 Å². The number of ether oxygens (including phenoxy) is 2. The predicted molar refractivity (Wildman–Crippen MR) is 76.2 cm³/mol. The number of pyridine rings is 1. The highest BCUT2D eigenvalue weighted by molar-refractivity contribution is 6.39. The van der Waals surface area contributed by atoms with Gasteiger partial charge in [-0.3, -0.25) is 0 Å². The first-order chi connectivity index (χ1) is 9.24. The van der Waals surface area contributed by atoms with Gasteiger partial charge in [0, 0.05) is 17.8 Å². The molecular weight excluding hydrogens is 285 g/mol. The highest BCUT2D eigenvalue weighted by Gasteiger charge is 2.17. The lowest BCUT2D eigenvalue weighted by Gasteiger charge is -2.13. The van der Waals surface area contributed by atoms with Gasteiger partial charge in [-0.25, -0.2) is 4.98 Å². The van der Waals surface area contributed by atoms with E-state index >= 15 is 0 Å². The van der Waals surface area contributed by atoms with Gasteiger partial charge >= 0.3 is 0 Å². The molecule has 5 heteroatoms. The fraction of sp³-hybridized carbons (Fsp3) is 0.357. The first-order valence-corrected chi connectivity index (χ1v) is 6.98. The average Bonchev–Trinajstić information content (AvgIpc) is 2.88. The van der Waals surface area contributed by atoms with Gasteiger partial charge in [-0.15, -0.1) is 0 Å². The topological polar surface area (TPSA) is 31.4 Å². The monoisotopic (exact) mass is 297 g/mol. The summed E-state index contributed by atoms with van der Waals surface area (Å²) in [6, 6.07) is 5.42. The van der Waals surface area contributed by atoms with Crippen LogP contribution in [-0.2, 0) is 4.74 Å². The Labute approximate surface area is 121 Å². The molecule has 0 spiro atoms. The average molecular weight is 298 g/mol. The summed E-state index contributed by atoms with van der Waals surface area (Å²) in [4.78, 5) is 4.25. The van der Waals surface area contributed by atoms with Gasteiger partial charge in [0.25, 0.3) is 0 Å². The molecule has 0 amide bonds. The lowest BCUT2D eigenvalue weighted by Crippen LogP contribution is -2.16. The quantitative estimate of drug-likeness (QED) is 0.855. The van der Waals surface area contributed by atoms with Crippen LogP contribution in [0.15, 0.2) is 24.4 Å². The van der Waals surface area contributed by atoms with Crippen LogP contribution in [-0.4, -0.2) is 24.3 Å². The smallest absolute Gasteiger partial charge is 0.222 e. The number of nitrogens with zero attached hydrogens (tertiary/aromatic N) is 1. The molecule has 1 aromatic heterocycles. The first kappa shape index (κ1) is 13.0. The van der Waals surface area contributed by atoms with Gasteiger partial charge in [0.05, 0.1) is 16.5 Å². The fourth-order valence-corrected chi connectivity index (χ4v) is 2.85. The van der Waals surface area contributed by atoms with Crippen molar-refractivity contribution in [3.8, 4) is 5.88 Å². The summed E-state index contributed by atoms with van der Waals surface area (Å²) in [5, 5.41) is 2.88. The van der Waals surface area contributed by atoms with Crippen LogP contribution in [0.3, 0.4) is 0 Å². The van der Waals surface area contributed by atoms with Crippen molar-refractivity contribution >= 4 is 34.0 Å². The lowest BCUT2D eigenvalue weighted by molar-refractivity contribution is 0.0669. The Hall–Kier alpha value is -1.03. The van der Waals surface area contributed by atoms with Gasteiger partial charge in [-0.1, -0.05) is 23.2 Å². The minimum atomic E-state index is 0.156. The zero-order valence-corrected chi connectivity index (χ0v) is 11.7. The van der Waals surface area contributed by atoms with E-state index in [2.05, 4.69) is 4.98 Å². The van der Waals surface area contributed by atoms with E-state index in [1.165, 1.54) is 0 Å². The highest BCUT2D eigenvalue weighted by atomic mass is 35.5. The summed E-state index contributed by atoms with van der Waals surface area (Å²) in [7, 11) is 0. The molecule has 0 aliphatic carbocycles. The van der Waals surface area contributed by atoms with Crippen molar-refractivity contribution in [2.24, 2.45) is 0 Å². The Morgan fingerprint density at radius 1 is 1.37 bits per heavy atom. The van der Waals surface area contributed by atoms with Crippen LogP contribution in [0, 0.1) is 0 Å². The summed E-state index contributed by atoms with van der Waals surface area (Å²) in [5.41, 5.74) is 0. The normalized spacial score (nSPS) is 18.9. The van der Waals surface area contributed by atoms with Crippen LogP contribution in [0.2, 0.25) is 10.0 Å². The molecule has 3 nitrogen and oxygen atoms in total. The number of rotatable bonds is 3. The number of benzene rings is 1. The molecule has 19 heavy (non-hydrogen) atoms. The zero-order valence-electron chi connectivity index (χ0n) is 10.2. The molecule has 0 bridgehead atoms. The fourth-order valence-electron chi connectivity index (χ4n) is 2.26. The molecule has 0 N–H and O–H groups in total.